The Morgan fingerprint density at radius 2 is 1.83 bits per heavy atom. The first-order chi connectivity index (χ1) is 8.15. The first-order valence-electron chi connectivity index (χ1n) is 6.28. The molecule has 1 aliphatic heterocycles. The first kappa shape index (κ1) is 15.1. The fraction of sp³-hybridized carbons (Fsp3) is 0.917. The molecule has 1 unspecified atom stereocenters. The Labute approximate surface area is 107 Å². The van der Waals surface area contributed by atoms with Crippen LogP contribution >= 0.6 is 0 Å². The van der Waals surface area contributed by atoms with E-state index in [1.165, 1.54) is 11.2 Å². The van der Waals surface area contributed by atoms with Crippen LogP contribution in [0.3, 0.4) is 0 Å². The lowest BCUT2D eigenvalue weighted by Crippen LogP contribution is -2.52. The molecule has 106 valence electrons. The SMILES string of the molecule is CCCCN1N=CN(CC(C)(C)C)C1C(F)(F)F. The summed E-state index contributed by atoms with van der Waals surface area (Å²) in [5, 5.41) is 5.05. The molecule has 6 heteroatoms. The zero-order valence-corrected chi connectivity index (χ0v) is 11.5. The Morgan fingerprint density at radius 1 is 1.22 bits per heavy atom. The number of hydrogen-bond acceptors (Lipinski definition) is 3. The van der Waals surface area contributed by atoms with Gasteiger partial charge in [-0.05, 0) is 11.8 Å². The smallest absolute Gasteiger partial charge is 0.331 e. The van der Waals surface area contributed by atoms with Crippen molar-refractivity contribution in [1.29, 1.82) is 0 Å². The minimum atomic E-state index is -4.28. The fourth-order valence-corrected chi connectivity index (χ4v) is 1.96. The van der Waals surface area contributed by atoms with Crippen LogP contribution in [0, 0.1) is 5.41 Å². The van der Waals surface area contributed by atoms with Crippen LogP contribution < -0.4 is 0 Å². The van der Waals surface area contributed by atoms with Crippen molar-refractivity contribution in [3.8, 4) is 0 Å². The van der Waals surface area contributed by atoms with Gasteiger partial charge in [0.15, 0.2) is 0 Å². The Hall–Kier alpha value is -0.940. The zero-order valence-electron chi connectivity index (χ0n) is 11.5. The predicted molar refractivity (Wildman–Crippen MR) is 66.1 cm³/mol. The number of alkyl halides is 3. The van der Waals surface area contributed by atoms with Gasteiger partial charge in [0.1, 0.15) is 6.34 Å². The molecule has 3 nitrogen and oxygen atoms in total. The number of hydrazone groups is 1. The molecule has 0 N–H and O–H groups in total. The molecule has 0 amide bonds. The van der Waals surface area contributed by atoms with Crippen molar-refractivity contribution in [1.82, 2.24) is 9.91 Å². The van der Waals surface area contributed by atoms with Gasteiger partial charge in [0.05, 0.1) is 0 Å². The van der Waals surface area contributed by atoms with Crippen molar-refractivity contribution in [3.05, 3.63) is 0 Å². The lowest BCUT2D eigenvalue weighted by atomic mass is 9.96. The second-order valence-electron chi connectivity index (χ2n) is 5.90. The van der Waals surface area contributed by atoms with E-state index in [1.54, 1.807) is 0 Å². The molecular formula is C12H22F3N3. The molecule has 0 aromatic rings. The average molecular weight is 265 g/mol. The predicted octanol–water partition coefficient (Wildman–Crippen LogP) is 3.28. The van der Waals surface area contributed by atoms with Crippen molar-refractivity contribution in [2.75, 3.05) is 13.1 Å². The minimum absolute atomic E-state index is 0.198. The molecule has 0 saturated carbocycles. The maximum Gasteiger partial charge on any atom is 0.429 e. The van der Waals surface area contributed by atoms with Gasteiger partial charge in [-0.2, -0.15) is 18.3 Å². The molecule has 1 rings (SSSR count). The van der Waals surface area contributed by atoms with Gasteiger partial charge < -0.3 is 4.90 Å². The van der Waals surface area contributed by atoms with Crippen LogP contribution in [0.4, 0.5) is 13.2 Å². The lowest BCUT2D eigenvalue weighted by molar-refractivity contribution is -0.209. The second kappa shape index (κ2) is 5.36. The normalized spacial score (nSPS) is 20.9. The van der Waals surface area contributed by atoms with E-state index < -0.39 is 12.3 Å². The van der Waals surface area contributed by atoms with Gasteiger partial charge in [0, 0.05) is 13.1 Å². The maximum atomic E-state index is 13.1. The number of nitrogens with zero attached hydrogens (tertiary/aromatic N) is 3. The van der Waals surface area contributed by atoms with E-state index in [4.69, 9.17) is 0 Å². The number of hydrogen-bond donors (Lipinski definition) is 0. The first-order valence-corrected chi connectivity index (χ1v) is 6.28. The summed E-state index contributed by atoms with van der Waals surface area (Å²) in [6, 6.07) is 0. The number of rotatable bonds is 4. The summed E-state index contributed by atoms with van der Waals surface area (Å²) in [5.41, 5.74) is -0.198. The van der Waals surface area contributed by atoms with Gasteiger partial charge in [-0.15, -0.1) is 0 Å². The van der Waals surface area contributed by atoms with E-state index in [9.17, 15) is 13.2 Å². The van der Waals surface area contributed by atoms with E-state index in [1.807, 2.05) is 27.7 Å². The summed E-state index contributed by atoms with van der Waals surface area (Å²) in [6.07, 6.45) is -3.00. The summed E-state index contributed by atoms with van der Waals surface area (Å²) >= 11 is 0. The van der Waals surface area contributed by atoms with Crippen molar-refractivity contribution < 1.29 is 13.2 Å². The van der Waals surface area contributed by atoms with Crippen LogP contribution in [-0.2, 0) is 0 Å². The van der Waals surface area contributed by atoms with Gasteiger partial charge in [0.2, 0.25) is 6.17 Å². The summed E-state index contributed by atoms with van der Waals surface area (Å²) < 4.78 is 39.3. The summed E-state index contributed by atoms with van der Waals surface area (Å²) in [7, 11) is 0. The van der Waals surface area contributed by atoms with Crippen molar-refractivity contribution in [3.63, 3.8) is 0 Å². The molecule has 0 bridgehead atoms. The second-order valence-corrected chi connectivity index (χ2v) is 5.90. The van der Waals surface area contributed by atoms with Gasteiger partial charge in [-0.25, -0.2) is 0 Å². The highest BCUT2D eigenvalue weighted by Crippen LogP contribution is 2.32. The van der Waals surface area contributed by atoms with Crippen LogP contribution in [0.1, 0.15) is 40.5 Å². The average Bonchev–Trinajstić information content (AvgIpc) is 2.54. The molecule has 0 aromatic heterocycles. The molecular weight excluding hydrogens is 243 g/mol. The highest BCUT2D eigenvalue weighted by atomic mass is 19.4. The molecule has 0 fully saturated rings. The highest BCUT2D eigenvalue weighted by Gasteiger charge is 2.49. The van der Waals surface area contributed by atoms with Crippen LogP contribution in [0.25, 0.3) is 0 Å². The summed E-state index contributed by atoms with van der Waals surface area (Å²) in [4.78, 5) is 1.29. The maximum absolute atomic E-state index is 13.1. The van der Waals surface area contributed by atoms with Crippen LogP contribution in [0.5, 0.6) is 0 Å². The van der Waals surface area contributed by atoms with Crippen molar-refractivity contribution in [2.24, 2.45) is 10.5 Å². The minimum Gasteiger partial charge on any atom is -0.331 e. The number of halogens is 3. The topological polar surface area (TPSA) is 18.8 Å². The van der Waals surface area contributed by atoms with Crippen molar-refractivity contribution >= 4 is 6.34 Å². The third kappa shape index (κ3) is 4.07. The van der Waals surface area contributed by atoms with Crippen molar-refractivity contribution in [2.45, 2.75) is 52.9 Å². The molecule has 0 aliphatic carbocycles. The van der Waals surface area contributed by atoms with Gasteiger partial charge in [-0.1, -0.05) is 34.1 Å². The van der Waals surface area contributed by atoms with E-state index in [2.05, 4.69) is 5.10 Å². The lowest BCUT2D eigenvalue weighted by Gasteiger charge is -2.35. The molecule has 1 atom stereocenters. The van der Waals surface area contributed by atoms with E-state index in [0.717, 1.165) is 11.4 Å². The Morgan fingerprint density at radius 3 is 2.28 bits per heavy atom. The molecule has 18 heavy (non-hydrogen) atoms. The van der Waals surface area contributed by atoms with Gasteiger partial charge in [-0.3, -0.25) is 5.01 Å². The number of unbranched alkanes of at least 4 members (excludes halogenated alkanes) is 1. The quantitative estimate of drug-likeness (QED) is 0.776. The summed E-state index contributed by atoms with van der Waals surface area (Å²) in [5.74, 6) is 0. The molecule has 0 radical (unpaired) electrons. The van der Waals surface area contributed by atoms with Gasteiger partial charge >= 0.3 is 6.18 Å². The van der Waals surface area contributed by atoms with E-state index in [0.29, 0.717) is 19.5 Å². The van der Waals surface area contributed by atoms with Gasteiger partial charge in [0.25, 0.3) is 0 Å². The molecule has 0 aromatic carbocycles. The zero-order chi connectivity index (χ0) is 14.0. The largest absolute Gasteiger partial charge is 0.429 e. The molecule has 1 heterocycles. The fourth-order valence-electron chi connectivity index (χ4n) is 1.96. The Bertz CT molecular complexity index is 294. The van der Waals surface area contributed by atoms with E-state index in [-0.39, 0.29) is 5.41 Å². The third-order valence-electron chi connectivity index (χ3n) is 2.64. The third-order valence-corrected chi connectivity index (χ3v) is 2.64. The van der Waals surface area contributed by atoms with Crippen LogP contribution in [-0.4, -0.2) is 41.7 Å². The monoisotopic (exact) mass is 265 g/mol. The molecule has 1 aliphatic rings. The Balaban J connectivity index is 2.77. The standard InChI is InChI=1S/C12H22F3N3/c1-5-6-7-18-10(12(13,14)15)17(9-16-18)8-11(2,3)4/h9-10H,5-8H2,1-4H3. The molecule has 0 spiro atoms. The van der Waals surface area contributed by atoms with Crippen LogP contribution in [0.2, 0.25) is 0 Å². The molecule has 0 saturated heterocycles. The van der Waals surface area contributed by atoms with E-state index >= 15 is 0 Å². The summed E-state index contributed by atoms with van der Waals surface area (Å²) in [6.45, 7) is 8.39. The highest BCUT2D eigenvalue weighted by molar-refractivity contribution is 5.57. The Kier molecular flexibility index (Phi) is 4.50. The van der Waals surface area contributed by atoms with Crippen LogP contribution in [0.15, 0.2) is 5.10 Å².